The molecule has 0 fully saturated rings. The van der Waals surface area contributed by atoms with Crippen molar-refractivity contribution in [3.63, 3.8) is 0 Å². The van der Waals surface area contributed by atoms with Crippen LogP contribution in [0.2, 0.25) is 10.0 Å². The third-order valence-corrected chi connectivity index (χ3v) is 7.94. The van der Waals surface area contributed by atoms with Crippen molar-refractivity contribution < 1.29 is 4.74 Å². The molecule has 0 radical (unpaired) electrons. The maximum atomic E-state index is 9.82. The van der Waals surface area contributed by atoms with Crippen LogP contribution in [0.5, 0.6) is 5.75 Å². The van der Waals surface area contributed by atoms with Crippen LogP contribution in [0, 0.1) is 11.3 Å². The maximum absolute atomic E-state index is 9.82. The molecular weight excluding hydrogens is 509 g/mol. The average molecular weight is 532 g/mol. The van der Waals surface area contributed by atoms with E-state index in [2.05, 4.69) is 40.2 Å². The molecule has 4 aromatic rings. The molecule has 0 bridgehead atoms. The second-order valence-electron chi connectivity index (χ2n) is 8.61. The van der Waals surface area contributed by atoms with Gasteiger partial charge in [-0.05, 0) is 65.1 Å². The SMILES string of the molecule is N#Cc1c(N=Cc2ccc(OCc3ccc(Cl)c(Cl)c3)cc2)sc2c1CCN(Cc1ccccc1)C2. The standard InChI is InChI=1S/C29H23Cl2N3OS/c30-26-11-8-22(14-27(26)31)19-35-23-9-6-20(7-10-23)16-33-29-25(15-32)24-12-13-34(18-28(24)36-29)17-21-4-2-1-3-5-21/h1-11,14,16H,12-13,17-19H2. The number of ether oxygens (including phenoxy) is 1. The van der Waals surface area contributed by atoms with E-state index in [9.17, 15) is 5.26 Å². The van der Waals surface area contributed by atoms with E-state index in [-0.39, 0.29) is 0 Å². The van der Waals surface area contributed by atoms with E-state index in [0.717, 1.165) is 53.5 Å². The Morgan fingerprint density at radius 2 is 1.81 bits per heavy atom. The number of halogens is 2. The normalized spacial score (nSPS) is 13.5. The lowest BCUT2D eigenvalue weighted by molar-refractivity contribution is 0.249. The zero-order valence-corrected chi connectivity index (χ0v) is 21.8. The van der Waals surface area contributed by atoms with Gasteiger partial charge in [0.1, 0.15) is 23.4 Å². The van der Waals surface area contributed by atoms with Crippen LogP contribution in [0.4, 0.5) is 5.00 Å². The number of hydrogen-bond donors (Lipinski definition) is 0. The summed E-state index contributed by atoms with van der Waals surface area (Å²) in [5, 5.41) is 11.6. The van der Waals surface area contributed by atoms with Gasteiger partial charge in [0.15, 0.2) is 0 Å². The largest absolute Gasteiger partial charge is 0.489 e. The van der Waals surface area contributed by atoms with E-state index >= 15 is 0 Å². The van der Waals surface area contributed by atoms with Crippen LogP contribution in [-0.2, 0) is 26.1 Å². The highest BCUT2D eigenvalue weighted by atomic mass is 35.5. The molecule has 3 aromatic carbocycles. The lowest BCUT2D eigenvalue weighted by atomic mass is 10.0. The quantitative estimate of drug-likeness (QED) is 0.228. The monoisotopic (exact) mass is 531 g/mol. The molecule has 0 spiro atoms. The van der Waals surface area contributed by atoms with Gasteiger partial charge in [-0.25, -0.2) is 4.99 Å². The Hall–Kier alpha value is -3.14. The third kappa shape index (κ3) is 5.80. The molecule has 0 saturated carbocycles. The highest BCUT2D eigenvalue weighted by molar-refractivity contribution is 7.16. The number of nitrogens with zero attached hydrogens (tertiary/aromatic N) is 3. The van der Waals surface area contributed by atoms with Crippen LogP contribution in [0.15, 0.2) is 77.8 Å². The van der Waals surface area contributed by atoms with Gasteiger partial charge in [-0.15, -0.1) is 11.3 Å². The molecule has 36 heavy (non-hydrogen) atoms. The Balaban J connectivity index is 1.23. The molecule has 0 saturated heterocycles. The van der Waals surface area contributed by atoms with Gasteiger partial charge in [0.05, 0.1) is 15.6 Å². The van der Waals surface area contributed by atoms with Gasteiger partial charge in [0.2, 0.25) is 0 Å². The molecule has 1 aromatic heterocycles. The molecule has 2 heterocycles. The first-order chi connectivity index (χ1) is 17.6. The second kappa shape index (κ2) is 11.3. The Bertz CT molecular complexity index is 1430. The lowest BCUT2D eigenvalue weighted by Crippen LogP contribution is -2.29. The van der Waals surface area contributed by atoms with Crippen LogP contribution in [0.25, 0.3) is 0 Å². The van der Waals surface area contributed by atoms with Crippen LogP contribution in [-0.4, -0.2) is 17.7 Å². The first-order valence-corrected chi connectivity index (χ1v) is 13.2. The van der Waals surface area contributed by atoms with Gasteiger partial charge in [0.25, 0.3) is 0 Å². The molecule has 7 heteroatoms. The summed E-state index contributed by atoms with van der Waals surface area (Å²) in [4.78, 5) is 8.36. The first-order valence-electron chi connectivity index (χ1n) is 11.6. The smallest absolute Gasteiger partial charge is 0.134 e. The summed E-state index contributed by atoms with van der Waals surface area (Å²) in [5.41, 5.74) is 5.07. The molecule has 0 amide bonds. The van der Waals surface area contributed by atoms with Gasteiger partial charge in [-0.2, -0.15) is 5.26 Å². The summed E-state index contributed by atoms with van der Waals surface area (Å²) in [5.74, 6) is 0.751. The molecule has 5 rings (SSSR count). The maximum Gasteiger partial charge on any atom is 0.134 e. The van der Waals surface area contributed by atoms with Gasteiger partial charge < -0.3 is 4.74 Å². The third-order valence-electron chi connectivity index (χ3n) is 6.08. The number of aliphatic imine (C=N–C) groups is 1. The van der Waals surface area contributed by atoms with E-state index in [4.69, 9.17) is 27.9 Å². The summed E-state index contributed by atoms with van der Waals surface area (Å²) in [6.07, 6.45) is 2.69. The average Bonchev–Trinajstić information content (AvgIpc) is 3.26. The van der Waals surface area contributed by atoms with E-state index in [1.165, 1.54) is 10.4 Å². The Morgan fingerprint density at radius 1 is 1.00 bits per heavy atom. The topological polar surface area (TPSA) is 48.6 Å². The highest BCUT2D eigenvalue weighted by Gasteiger charge is 2.24. The molecule has 4 nitrogen and oxygen atoms in total. The van der Waals surface area contributed by atoms with Crippen LogP contribution in [0.3, 0.4) is 0 Å². The number of hydrogen-bond acceptors (Lipinski definition) is 5. The van der Waals surface area contributed by atoms with Gasteiger partial charge in [0, 0.05) is 30.7 Å². The van der Waals surface area contributed by atoms with Gasteiger partial charge in [-0.3, -0.25) is 4.90 Å². The van der Waals surface area contributed by atoms with Crippen LogP contribution in [0.1, 0.15) is 32.7 Å². The number of nitriles is 1. The van der Waals surface area contributed by atoms with E-state index in [0.29, 0.717) is 22.2 Å². The number of thiophene rings is 1. The minimum atomic E-state index is 0.401. The number of benzene rings is 3. The second-order valence-corrected chi connectivity index (χ2v) is 10.5. The molecule has 0 atom stereocenters. The number of fused-ring (bicyclic) bond motifs is 1. The van der Waals surface area contributed by atoms with Crippen molar-refractivity contribution in [3.05, 3.63) is 116 Å². The predicted molar refractivity (Wildman–Crippen MR) is 148 cm³/mol. The Kier molecular flexibility index (Phi) is 7.69. The predicted octanol–water partition coefficient (Wildman–Crippen LogP) is 7.81. The summed E-state index contributed by atoms with van der Waals surface area (Å²) in [7, 11) is 0. The minimum Gasteiger partial charge on any atom is -0.489 e. The number of rotatable bonds is 7. The molecule has 1 aliphatic rings. The van der Waals surface area contributed by atoms with E-state index < -0.39 is 0 Å². The highest BCUT2D eigenvalue weighted by Crippen LogP contribution is 2.38. The Morgan fingerprint density at radius 3 is 2.56 bits per heavy atom. The molecular formula is C29H23Cl2N3OS. The summed E-state index contributed by atoms with van der Waals surface area (Å²) >= 11 is 13.7. The molecule has 0 aliphatic carbocycles. The van der Waals surface area contributed by atoms with Crippen LogP contribution >= 0.6 is 34.5 Å². The fourth-order valence-corrected chi connectivity index (χ4v) is 5.71. The van der Waals surface area contributed by atoms with E-state index in [1.54, 1.807) is 23.5 Å². The van der Waals surface area contributed by atoms with Gasteiger partial charge in [-0.1, -0.05) is 59.6 Å². The fourth-order valence-electron chi connectivity index (χ4n) is 4.20. The van der Waals surface area contributed by atoms with Crippen molar-refractivity contribution in [3.8, 4) is 11.8 Å². The van der Waals surface area contributed by atoms with Crippen molar-refractivity contribution in [2.24, 2.45) is 4.99 Å². The molecule has 0 N–H and O–H groups in total. The van der Waals surface area contributed by atoms with Crippen LogP contribution < -0.4 is 4.74 Å². The fraction of sp³-hybridized carbons (Fsp3) is 0.172. The van der Waals surface area contributed by atoms with E-state index in [1.807, 2.05) is 42.6 Å². The van der Waals surface area contributed by atoms with Crippen molar-refractivity contribution >= 4 is 45.8 Å². The van der Waals surface area contributed by atoms with Crippen molar-refractivity contribution in [2.45, 2.75) is 26.1 Å². The van der Waals surface area contributed by atoms with Crippen molar-refractivity contribution in [2.75, 3.05) is 6.54 Å². The Labute approximate surface area is 225 Å². The lowest BCUT2D eigenvalue weighted by Gasteiger charge is -2.26. The minimum absolute atomic E-state index is 0.401. The molecule has 1 aliphatic heterocycles. The first kappa shape index (κ1) is 24.5. The van der Waals surface area contributed by atoms with Gasteiger partial charge >= 0.3 is 0 Å². The molecule has 0 unspecified atom stereocenters. The summed E-state index contributed by atoms with van der Waals surface area (Å²) in [6, 6.07) is 26.1. The van der Waals surface area contributed by atoms with Crippen molar-refractivity contribution in [1.29, 1.82) is 5.26 Å². The zero-order chi connectivity index (χ0) is 24.9. The van der Waals surface area contributed by atoms with Crippen molar-refractivity contribution in [1.82, 2.24) is 4.90 Å². The summed E-state index contributed by atoms with van der Waals surface area (Å²) < 4.78 is 5.86. The summed E-state index contributed by atoms with van der Waals surface area (Å²) in [6.45, 7) is 3.11. The zero-order valence-electron chi connectivity index (χ0n) is 19.5. The molecule has 180 valence electrons.